The van der Waals surface area contributed by atoms with Gasteiger partial charge in [-0.1, -0.05) is 20.3 Å². The predicted molar refractivity (Wildman–Crippen MR) is 56.3 cm³/mol. The zero-order valence-corrected chi connectivity index (χ0v) is 9.16. The van der Waals surface area contributed by atoms with Gasteiger partial charge in [-0.25, -0.2) is 0 Å². The first-order valence-corrected chi connectivity index (χ1v) is 5.24. The largest absolute Gasteiger partial charge is 0.292 e. The molecule has 0 amide bonds. The summed E-state index contributed by atoms with van der Waals surface area (Å²) >= 11 is 0. The first kappa shape index (κ1) is 11.0. The van der Waals surface area contributed by atoms with Crippen LogP contribution in [0.1, 0.15) is 44.1 Å². The summed E-state index contributed by atoms with van der Waals surface area (Å²) < 4.78 is 1.75. The van der Waals surface area contributed by atoms with Crippen molar-refractivity contribution >= 4 is 5.78 Å². The first-order chi connectivity index (χ1) is 6.69. The maximum Gasteiger partial charge on any atom is 0.181 e. The number of nitrogens with zero attached hydrogens (tertiary/aromatic N) is 2. The molecular weight excluding hydrogens is 176 g/mol. The van der Waals surface area contributed by atoms with Gasteiger partial charge in [-0.15, -0.1) is 0 Å². The predicted octanol–water partition coefficient (Wildman–Crippen LogP) is 2.52. The van der Waals surface area contributed by atoms with E-state index in [9.17, 15) is 4.79 Å². The van der Waals surface area contributed by atoms with Crippen molar-refractivity contribution < 1.29 is 4.79 Å². The summed E-state index contributed by atoms with van der Waals surface area (Å²) in [5.74, 6) is 0.668. The molecule has 0 bridgehead atoms. The fourth-order valence-electron chi connectivity index (χ4n) is 1.39. The standard InChI is InChI=1S/C11H18N2O/c1-4-9(3)8-11(14)10-6-7-12-13(10)5-2/h6-7,9H,4-5,8H2,1-3H3. The molecule has 0 fully saturated rings. The lowest BCUT2D eigenvalue weighted by atomic mass is 10.0. The highest BCUT2D eigenvalue weighted by atomic mass is 16.1. The van der Waals surface area contributed by atoms with Crippen LogP contribution in [0.25, 0.3) is 0 Å². The van der Waals surface area contributed by atoms with E-state index in [0.717, 1.165) is 18.7 Å². The van der Waals surface area contributed by atoms with Gasteiger partial charge in [0.05, 0.1) is 0 Å². The molecule has 14 heavy (non-hydrogen) atoms. The Labute approximate surface area is 85.1 Å². The van der Waals surface area contributed by atoms with Gasteiger partial charge in [0.2, 0.25) is 0 Å². The summed E-state index contributed by atoms with van der Waals surface area (Å²) in [5, 5.41) is 4.08. The minimum absolute atomic E-state index is 0.207. The van der Waals surface area contributed by atoms with Crippen LogP contribution in [0.5, 0.6) is 0 Å². The molecule has 1 aromatic rings. The molecule has 0 saturated heterocycles. The molecular formula is C11H18N2O. The Bertz CT molecular complexity index is 304. The molecule has 0 aliphatic heterocycles. The third-order valence-electron chi connectivity index (χ3n) is 2.53. The van der Waals surface area contributed by atoms with Crippen LogP contribution < -0.4 is 0 Å². The second-order valence-corrected chi connectivity index (χ2v) is 3.67. The third-order valence-corrected chi connectivity index (χ3v) is 2.53. The van der Waals surface area contributed by atoms with Gasteiger partial charge in [-0.2, -0.15) is 5.10 Å². The minimum atomic E-state index is 0.207. The number of rotatable bonds is 5. The summed E-state index contributed by atoms with van der Waals surface area (Å²) in [7, 11) is 0. The van der Waals surface area contributed by atoms with E-state index in [1.807, 2.05) is 6.92 Å². The topological polar surface area (TPSA) is 34.9 Å². The molecule has 1 rings (SSSR count). The fourth-order valence-corrected chi connectivity index (χ4v) is 1.39. The van der Waals surface area contributed by atoms with Gasteiger partial charge < -0.3 is 0 Å². The molecule has 0 saturated carbocycles. The first-order valence-electron chi connectivity index (χ1n) is 5.24. The number of aromatic nitrogens is 2. The van der Waals surface area contributed by atoms with Crippen LogP contribution in [0.2, 0.25) is 0 Å². The summed E-state index contributed by atoms with van der Waals surface area (Å²) in [5.41, 5.74) is 0.743. The summed E-state index contributed by atoms with van der Waals surface area (Å²) in [6.07, 6.45) is 3.36. The van der Waals surface area contributed by atoms with Gasteiger partial charge in [0.15, 0.2) is 5.78 Å². The van der Waals surface area contributed by atoms with Crippen molar-refractivity contribution in [2.45, 2.75) is 40.2 Å². The highest BCUT2D eigenvalue weighted by Crippen LogP contribution is 2.12. The Kier molecular flexibility index (Phi) is 3.86. The summed E-state index contributed by atoms with van der Waals surface area (Å²) in [6.45, 7) is 6.96. The van der Waals surface area contributed by atoms with Gasteiger partial charge >= 0.3 is 0 Å². The molecule has 3 nitrogen and oxygen atoms in total. The van der Waals surface area contributed by atoms with E-state index in [0.29, 0.717) is 12.3 Å². The lowest BCUT2D eigenvalue weighted by Gasteiger charge is -2.07. The van der Waals surface area contributed by atoms with E-state index in [2.05, 4.69) is 18.9 Å². The number of Topliss-reactive ketones (excluding diaryl/α,β-unsaturated/α-hetero) is 1. The number of carbonyl (C=O) groups is 1. The van der Waals surface area contributed by atoms with Crippen molar-refractivity contribution in [3.63, 3.8) is 0 Å². The highest BCUT2D eigenvalue weighted by molar-refractivity contribution is 5.94. The number of carbonyl (C=O) groups excluding carboxylic acids is 1. The Morgan fingerprint density at radius 3 is 2.86 bits per heavy atom. The van der Waals surface area contributed by atoms with Crippen LogP contribution in [-0.2, 0) is 6.54 Å². The second-order valence-electron chi connectivity index (χ2n) is 3.67. The molecule has 1 atom stereocenters. The molecule has 1 unspecified atom stereocenters. The summed E-state index contributed by atoms with van der Waals surface area (Å²) in [6, 6.07) is 1.80. The van der Waals surface area contributed by atoms with Gasteiger partial charge in [0.25, 0.3) is 0 Å². The van der Waals surface area contributed by atoms with Crippen LogP contribution in [0, 0.1) is 5.92 Å². The fraction of sp³-hybridized carbons (Fsp3) is 0.636. The van der Waals surface area contributed by atoms with E-state index >= 15 is 0 Å². The molecule has 0 spiro atoms. The zero-order valence-electron chi connectivity index (χ0n) is 9.16. The van der Waals surface area contributed by atoms with Gasteiger partial charge in [-0.05, 0) is 18.9 Å². The quantitative estimate of drug-likeness (QED) is 0.675. The van der Waals surface area contributed by atoms with E-state index in [1.54, 1.807) is 16.9 Å². The second kappa shape index (κ2) is 4.94. The maximum absolute atomic E-state index is 11.8. The van der Waals surface area contributed by atoms with Crippen molar-refractivity contribution in [1.29, 1.82) is 0 Å². The molecule has 0 radical (unpaired) electrons. The van der Waals surface area contributed by atoms with E-state index < -0.39 is 0 Å². The van der Waals surface area contributed by atoms with Crippen LogP contribution in [0.3, 0.4) is 0 Å². The molecule has 1 heterocycles. The smallest absolute Gasteiger partial charge is 0.181 e. The van der Waals surface area contributed by atoms with Crippen LogP contribution in [0.15, 0.2) is 12.3 Å². The highest BCUT2D eigenvalue weighted by Gasteiger charge is 2.13. The minimum Gasteiger partial charge on any atom is -0.292 e. The molecule has 0 aliphatic carbocycles. The Hall–Kier alpha value is -1.12. The Morgan fingerprint density at radius 1 is 1.57 bits per heavy atom. The molecule has 0 N–H and O–H groups in total. The zero-order chi connectivity index (χ0) is 10.6. The monoisotopic (exact) mass is 194 g/mol. The normalized spacial score (nSPS) is 12.8. The van der Waals surface area contributed by atoms with E-state index in [4.69, 9.17) is 0 Å². The number of ketones is 1. The SMILES string of the molecule is CCC(C)CC(=O)c1ccnn1CC. The van der Waals surface area contributed by atoms with Crippen molar-refractivity contribution in [3.8, 4) is 0 Å². The van der Waals surface area contributed by atoms with Crippen molar-refractivity contribution in [1.82, 2.24) is 9.78 Å². The molecule has 1 aromatic heterocycles. The van der Waals surface area contributed by atoms with Crippen LogP contribution in [0.4, 0.5) is 0 Å². The van der Waals surface area contributed by atoms with Crippen molar-refractivity contribution in [3.05, 3.63) is 18.0 Å². The van der Waals surface area contributed by atoms with E-state index in [-0.39, 0.29) is 5.78 Å². The van der Waals surface area contributed by atoms with Crippen LogP contribution in [-0.4, -0.2) is 15.6 Å². The van der Waals surface area contributed by atoms with Crippen molar-refractivity contribution in [2.75, 3.05) is 0 Å². The Balaban J connectivity index is 2.69. The maximum atomic E-state index is 11.8. The number of aryl methyl sites for hydroxylation is 1. The number of hydrogen-bond donors (Lipinski definition) is 0. The number of hydrogen-bond acceptors (Lipinski definition) is 2. The Morgan fingerprint density at radius 2 is 2.29 bits per heavy atom. The van der Waals surface area contributed by atoms with Crippen molar-refractivity contribution in [2.24, 2.45) is 5.92 Å². The van der Waals surface area contributed by atoms with Gasteiger partial charge in [-0.3, -0.25) is 9.48 Å². The summed E-state index contributed by atoms with van der Waals surface area (Å²) in [4.78, 5) is 11.8. The molecule has 3 heteroatoms. The molecule has 0 aliphatic rings. The molecule has 78 valence electrons. The average Bonchev–Trinajstić information content (AvgIpc) is 2.65. The van der Waals surface area contributed by atoms with E-state index in [1.165, 1.54) is 0 Å². The van der Waals surface area contributed by atoms with Gasteiger partial charge in [0.1, 0.15) is 5.69 Å². The third kappa shape index (κ3) is 2.44. The lowest BCUT2D eigenvalue weighted by molar-refractivity contribution is 0.0953. The van der Waals surface area contributed by atoms with Crippen LogP contribution >= 0.6 is 0 Å². The molecule has 0 aromatic carbocycles. The average molecular weight is 194 g/mol. The van der Waals surface area contributed by atoms with Gasteiger partial charge in [0, 0.05) is 19.2 Å². The lowest BCUT2D eigenvalue weighted by Crippen LogP contribution is -2.12.